The Morgan fingerprint density at radius 2 is 0.833 bits per heavy atom. The first-order valence-corrected chi connectivity index (χ1v) is 17.6. The van der Waals surface area contributed by atoms with Crippen molar-refractivity contribution in [1.82, 2.24) is 0 Å². The molecule has 0 nitrogen and oxygen atoms in total. The maximum absolute atomic E-state index is 7.44. The van der Waals surface area contributed by atoms with Gasteiger partial charge in [0.1, 0.15) is 4.33 Å². The van der Waals surface area contributed by atoms with Crippen LogP contribution in [0, 0.1) is 46.3 Å². The van der Waals surface area contributed by atoms with E-state index in [-0.39, 0.29) is 10.8 Å². The SMILES string of the molecule is CCCCC1CCC(C2CCC3(CC2)CC2(CCC(C4CCC(CCCC)CC4)CC2)C3(Cl)Cl)CC1. The van der Waals surface area contributed by atoms with E-state index >= 15 is 0 Å². The van der Waals surface area contributed by atoms with Gasteiger partial charge in [0.2, 0.25) is 0 Å². The van der Waals surface area contributed by atoms with Crippen LogP contribution in [0.3, 0.4) is 0 Å². The molecular formula is C34H58Cl2. The molecule has 36 heavy (non-hydrogen) atoms. The van der Waals surface area contributed by atoms with E-state index in [1.54, 1.807) is 0 Å². The minimum Gasteiger partial charge on any atom is -0.100 e. The van der Waals surface area contributed by atoms with E-state index < -0.39 is 4.33 Å². The Hall–Kier alpha value is 0.580. The van der Waals surface area contributed by atoms with Gasteiger partial charge >= 0.3 is 0 Å². The Kier molecular flexibility index (Phi) is 9.36. The van der Waals surface area contributed by atoms with E-state index in [1.807, 2.05) is 0 Å². The molecule has 5 fully saturated rings. The Bertz CT molecular complexity index is 609. The van der Waals surface area contributed by atoms with E-state index in [1.165, 1.54) is 148 Å². The van der Waals surface area contributed by atoms with Gasteiger partial charge < -0.3 is 0 Å². The monoisotopic (exact) mass is 536 g/mol. The first-order chi connectivity index (χ1) is 17.4. The Morgan fingerprint density at radius 1 is 0.500 bits per heavy atom. The van der Waals surface area contributed by atoms with Gasteiger partial charge in [-0.15, -0.1) is 23.2 Å². The quantitative estimate of drug-likeness (QED) is 0.270. The molecule has 0 saturated heterocycles. The molecule has 5 aliphatic rings. The number of rotatable bonds is 8. The minimum atomic E-state index is -0.453. The van der Waals surface area contributed by atoms with Crippen molar-refractivity contribution in [2.45, 2.75) is 166 Å². The summed E-state index contributed by atoms with van der Waals surface area (Å²) in [5.74, 6) is 6.00. The van der Waals surface area contributed by atoms with E-state index in [0.29, 0.717) is 0 Å². The minimum absolute atomic E-state index is 0.245. The van der Waals surface area contributed by atoms with E-state index in [2.05, 4.69) is 13.8 Å². The summed E-state index contributed by atoms with van der Waals surface area (Å²) >= 11 is 14.9. The zero-order valence-corrected chi connectivity index (χ0v) is 25.5. The molecule has 0 bridgehead atoms. The lowest BCUT2D eigenvalue weighted by Gasteiger charge is -2.69. The zero-order valence-electron chi connectivity index (χ0n) is 24.0. The highest BCUT2D eigenvalue weighted by molar-refractivity contribution is 6.50. The van der Waals surface area contributed by atoms with Crippen LogP contribution in [0.5, 0.6) is 0 Å². The first-order valence-electron chi connectivity index (χ1n) is 16.8. The summed E-state index contributed by atoms with van der Waals surface area (Å²) in [6.45, 7) is 4.68. The highest BCUT2D eigenvalue weighted by Crippen LogP contribution is 2.77. The molecule has 0 radical (unpaired) electrons. The molecule has 208 valence electrons. The van der Waals surface area contributed by atoms with E-state index in [0.717, 1.165) is 35.5 Å². The second-order valence-corrected chi connectivity index (χ2v) is 16.2. The van der Waals surface area contributed by atoms with E-state index in [9.17, 15) is 0 Å². The highest BCUT2D eigenvalue weighted by Gasteiger charge is 2.72. The molecule has 2 spiro atoms. The predicted octanol–water partition coefficient (Wildman–Crippen LogP) is 11.9. The van der Waals surface area contributed by atoms with E-state index in [4.69, 9.17) is 23.2 Å². The van der Waals surface area contributed by atoms with Crippen molar-refractivity contribution < 1.29 is 0 Å². The average molecular weight is 538 g/mol. The van der Waals surface area contributed by atoms with Crippen molar-refractivity contribution in [2.24, 2.45) is 46.3 Å². The lowest BCUT2D eigenvalue weighted by Crippen LogP contribution is -2.66. The van der Waals surface area contributed by atoms with Gasteiger partial charge in [0, 0.05) is 10.8 Å². The largest absolute Gasteiger partial charge is 0.129 e. The molecular weight excluding hydrogens is 479 g/mol. The molecule has 5 saturated carbocycles. The molecule has 5 rings (SSSR count). The Balaban J connectivity index is 1.07. The number of hydrogen-bond acceptors (Lipinski definition) is 0. The third kappa shape index (κ3) is 5.45. The third-order valence-electron chi connectivity index (χ3n) is 13.0. The number of halogens is 2. The fourth-order valence-electron chi connectivity index (χ4n) is 10.5. The van der Waals surface area contributed by atoms with Crippen molar-refractivity contribution >= 4 is 23.2 Å². The molecule has 0 aromatic carbocycles. The third-order valence-corrected chi connectivity index (χ3v) is 14.6. The van der Waals surface area contributed by atoms with Gasteiger partial charge in [-0.05, 0) is 119 Å². The molecule has 0 aromatic heterocycles. The molecule has 0 amide bonds. The van der Waals surface area contributed by atoms with Gasteiger partial charge in [-0.2, -0.15) is 0 Å². The van der Waals surface area contributed by atoms with Crippen molar-refractivity contribution in [3.05, 3.63) is 0 Å². The second kappa shape index (κ2) is 12.0. The Morgan fingerprint density at radius 3 is 1.14 bits per heavy atom. The Labute approximate surface area is 234 Å². The molecule has 2 heteroatoms. The predicted molar refractivity (Wildman–Crippen MR) is 158 cm³/mol. The van der Waals surface area contributed by atoms with Crippen molar-refractivity contribution in [2.75, 3.05) is 0 Å². The lowest BCUT2D eigenvalue weighted by molar-refractivity contribution is -0.122. The zero-order chi connectivity index (χ0) is 25.2. The summed E-state index contributed by atoms with van der Waals surface area (Å²) in [6.07, 6.45) is 32.9. The fraction of sp³-hybridized carbons (Fsp3) is 1.00. The standard InChI is InChI=1S/C34H58Cl2/c1-3-5-7-26-9-13-28(14-10-26)30-17-21-32(22-18-30)25-33(34(32,35)36)23-19-31(20-24-33)29-15-11-27(12-16-29)8-6-4-2/h26-31H,3-25H2,1-2H3. The van der Waals surface area contributed by atoms with Crippen LogP contribution in [-0.2, 0) is 0 Å². The number of unbranched alkanes of at least 4 members (excludes halogenated alkanes) is 2. The summed E-state index contributed by atoms with van der Waals surface area (Å²) in [7, 11) is 0. The van der Waals surface area contributed by atoms with Crippen LogP contribution in [0.25, 0.3) is 0 Å². The van der Waals surface area contributed by atoms with Crippen molar-refractivity contribution in [1.29, 1.82) is 0 Å². The van der Waals surface area contributed by atoms with Gasteiger partial charge in [-0.3, -0.25) is 0 Å². The summed E-state index contributed by atoms with van der Waals surface area (Å²) in [4.78, 5) is 0. The van der Waals surface area contributed by atoms with Crippen LogP contribution in [0.2, 0.25) is 0 Å². The van der Waals surface area contributed by atoms with Gasteiger partial charge in [0.25, 0.3) is 0 Å². The first kappa shape index (κ1) is 28.1. The molecule has 0 heterocycles. The molecule has 0 aromatic rings. The summed E-state index contributed by atoms with van der Waals surface area (Å²) < 4.78 is -0.453. The van der Waals surface area contributed by atoms with Gasteiger partial charge in [-0.25, -0.2) is 0 Å². The van der Waals surface area contributed by atoms with Crippen LogP contribution >= 0.6 is 23.2 Å². The number of alkyl halides is 2. The summed E-state index contributed by atoms with van der Waals surface area (Å²) in [6, 6.07) is 0. The topological polar surface area (TPSA) is 0 Å². The maximum atomic E-state index is 7.44. The van der Waals surface area contributed by atoms with Gasteiger partial charge in [0.05, 0.1) is 0 Å². The van der Waals surface area contributed by atoms with Crippen molar-refractivity contribution in [3.8, 4) is 0 Å². The summed E-state index contributed by atoms with van der Waals surface area (Å²) in [5.41, 5.74) is 0.490. The van der Waals surface area contributed by atoms with Crippen LogP contribution in [0.15, 0.2) is 0 Å². The molecule has 0 aliphatic heterocycles. The van der Waals surface area contributed by atoms with Gasteiger partial charge in [0.15, 0.2) is 0 Å². The maximum Gasteiger partial charge on any atom is 0.129 e. The van der Waals surface area contributed by atoms with Crippen LogP contribution in [0.1, 0.15) is 162 Å². The van der Waals surface area contributed by atoms with Crippen LogP contribution in [-0.4, -0.2) is 4.33 Å². The fourth-order valence-corrected chi connectivity index (χ4v) is 11.5. The van der Waals surface area contributed by atoms with Crippen LogP contribution < -0.4 is 0 Å². The molecule has 5 aliphatic carbocycles. The number of hydrogen-bond donors (Lipinski definition) is 0. The van der Waals surface area contributed by atoms with Crippen molar-refractivity contribution in [3.63, 3.8) is 0 Å². The van der Waals surface area contributed by atoms with Crippen LogP contribution in [0.4, 0.5) is 0 Å². The smallest absolute Gasteiger partial charge is 0.100 e. The summed E-state index contributed by atoms with van der Waals surface area (Å²) in [5, 5.41) is 0. The lowest BCUT2D eigenvalue weighted by atomic mass is 9.42. The molecule has 0 unspecified atom stereocenters. The van der Waals surface area contributed by atoms with Gasteiger partial charge in [-0.1, -0.05) is 78.1 Å². The highest BCUT2D eigenvalue weighted by atomic mass is 35.5. The average Bonchev–Trinajstić information content (AvgIpc) is 2.92. The normalized spacial score (nSPS) is 45.0. The molecule has 0 N–H and O–H groups in total. The second-order valence-electron chi connectivity index (χ2n) is 14.8. The molecule has 0 atom stereocenters.